The van der Waals surface area contributed by atoms with Crippen molar-refractivity contribution in [3.05, 3.63) is 34.3 Å². The van der Waals surface area contributed by atoms with E-state index in [2.05, 4.69) is 15.9 Å². The fraction of sp³-hybridized carbons (Fsp3) is 0.429. The van der Waals surface area contributed by atoms with Gasteiger partial charge in [0.1, 0.15) is 0 Å². The number of Topliss-reactive ketones (excluding diaryl/α,β-unsaturated/α-hetero) is 2. The number of hydrogen-bond acceptors (Lipinski definition) is 4. The van der Waals surface area contributed by atoms with Crippen LogP contribution in [0.4, 0.5) is 0 Å². The van der Waals surface area contributed by atoms with E-state index in [1.807, 2.05) is 12.1 Å². The van der Waals surface area contributed by atoms with Crippen LogP contribution in [0.3, 0.4) is 0 Å². The zero-order chi connectivity index (χ0) is 13.1. The van der Waals surface area contributed by atoms with E-state index in [0.29, 0.717) is 12.2 Å². The second-order valence-corrected chi connectivity index (χ2v) is 6.16. The SMILES string of the molecule is O=C1[C@@H]2OC[C@@H](O2)[C@@H]2[C@H]1[C@@H]2C(=O)c1ccc(Br)cc1. The molecule has 5 atom stereocenters. The Balaban J connectivity index is 1.60. The minimum Gasteiger partial charge on any atom is -0.343 e. The molecule has 2 saturated heterocycles. The molecule has 4 rings (SSSR count). The molecule has 1 aromatic carbocycles. The summed E-state index contributed by atoms with van der Waals surface area (Å²) in [4.78, 5) is 24.5. The van der Waals surface area contributed by atoms with Gasteiger partial charge in [0.15, 0.2) is 11.6 Å². The first kappa shape index (κ1) is 11.8. The molecule has 3 aliphatic rings. The van der Waals surface area contributed by atoms with Gasteiger partial charge in [0, 0.05) is 27.8 Å². The quantitative estimate of drug-likeness (QED) is 0.779. The van der Waals surface area contributed by atoms with Crippen molar-refractivity contribution < 1.29 is 19.1 Å². The van der Waals surface area contributed by atoms with Gasteiger partial charge in [-0.15, -0.1) is 0 Å². The molecule has 2 heterocycles. The summed E-state index contributed by atoms with van der Waals surface area (Å²) in [6.07, 6.45) is -0.814. The highest BCUT2D eigenvalue weighted by Gasteiger charge is 2.68. The topological polar surface area (TPSA) is 52.6 Å². The molecule has 2 aliphatic heterocycles. The van der Waals surface area contributed by atoms with E-state index >= 15 is 0 Å². The summed E-state index contributed by atoms with van der Waals surface area (Å²) in [5.74, 6) is -0.404. The van der Waals surface area contributed by atoms with Gasteiger partial charge >= 0.3 is 0 Å². The van der Waals surface area contributed by atoms with Gasteiger partial charge in [0.05, 0.1) is 12.7 Å². The molecule has 3 fully saturated rings. The van der Waals surface area contributed by atoms with Gasteiger partial charge in [0.2, 0.25) is 6.29 Å². The Bertz CT molecular complexity index is 567. The Kier molecular flexibility index (Phi) is 2.46. The highest BCUT2D eigenvalue weighted by Crippen LogP contribution is 2.57. The highest BCUT2D eigenvalue weighted by molar-refractivity contribution is 9.10. The van der Waals surface area contributed by atoms with E-state index in [0.717, 1.165) is 4.47 Å². The number of carbonyl (C=O) groups excluding carboxylic acids is 2. The molecule has 0 unspecified atom stereocenters. The number of halogens is 1. The second-order valence-electron chi connectivity index (χ2n) is 5.24. The third kappa shape index (κ3) is 1.65. The van der Waals surface area contributed by atoms with Crippen molar-refractivity contribution in [3.63, 3.8) is 0 Å². The zero-order valence-corrected chi connectivity index (χ0v) is 11.5. The van der Waals surface area contributed by atoms with Gasteiger partial charge in [-0.1, -0.05) is 28.1 Å². The standard InChI is InChI=1S/C14H11BrO4/c15-7-3-1-6(2-4-7)12(16)10-9-8-5-18-14(19-8)13(17)11(9)10/h1-4,8-11,14H,5H2/t8-,9+,10-,11+,14-/m1/s1. The zero-order valence-electron chi connectivity index (χ0n) is 9.91. The van der Waals surface area contributed by atoms with Crippen molar-refractivity contribution in [2.75, 3.05) is 6.61 Å². The van der Waals surface area contributed by atoms with Crippen molar-refractivity contribution >= 4 is 27.5 Å². The van der Waals surface area contributed by atoms with Gasteiger partial charge in [0.25, 0.3) is 0 Å². The molecule has 4 nitrogen and oxygen atoms in total. The number of fused-ring (bicyclic) bond motifs is 4. The van der Waals surface area contributed by atoms with E-state index in [-0.39, 0.29) is 35.4 Å². The van der Waals surface area contributed by atoms with Crippen LogP contribution in [0, 0.1) is 17.8 Å². The molecule has 0 radical (unpaired) electrons. The summed E-state index contributed by atoms with van der Waals surface area (Å²) in [5, 5.41) is 0. The van der Waals surface area contributed by atoms with Crippen molar-refractivity contribution in [2.45, 2.75) is 12.4 Å². The molecule has 5 heteroatoms. The summed E-state index contributed by atoms with van der Waals surface area (Å²) >= 11 is 3.34. The normalized spacial score (nSPS) is 39.0. The van der Waals surface area contributed by atoms with Crippen LogP contribution in [0.15, 0.2) is 28.7 Å². The van der Waals surface area contributed by atoms with E-state index in [1.54, 1.807) is 12.1 Å². The predicted molar refractivity (Wildman–Crippen MR) is 68.6 cm³/mol. The molecule has 19 heavy (non-hydrogen) atoms. The number of ether oxygens (including phenoxy) is 2. The van der Waals surface area contributed by atoms with Crippen LogP contribution in [0.2, 0.25) is 0 Å². The highest BCUT2D eigenvalue weighted by atomic mass is 79.9. The van der Waals surface area contributed by atoms with Gasteiger partial charge in [-0.2, -0.15) is 0 Å². The number of hydrogen-bond donors (Lipinski definition) is 0. The maximum atomic E-state index is 12.4. The molecular weight excluding hydrogens is 312 g/mol. The first-order valence-corrected chi connectivity index (χ1v) is 7.06. The lowest BCUT2D eigenvalue weighted by atomic mass is 10.0. The number of benzene rings is 1. The number of rotatable bonds is 2. The van der Waals surface area contributed by atoms with Crippen LogP contribution in [0.5, 0.6) is 0 Å². The van der Waals surface area contributed by atoms with E-state index in [4.69, 9.17) is 9.47 Å². The average Bonchev–Trinajstić information content (AvgIpc) is 3.02. The maximum absolute atomic E-state index is 12.4. The smallest absolute Gasteiger partial charge is 0.218 e. The lowest BCUT2D eigenvalue weighted by Gasteiger charge is -2.14. The number of ketones is 2. The van der Waals surface area contributed by atoms with Gasteiger partial charge in [-0.3, -0.25) is 9.59 Å². The van der Waals surface area contributed by atoms with Crippen molar-refractivity contribution in [1.82, 2.24) is 0 Å². The van der Waals surface area contributed by atoms with Gasteiger partial charge in [-0.05, 0) is 12.1 Å². The molecule has 0 aromatic heterocycles. The van der Waals surface area contributed by atoms with Crippen LogP contribution in [0.25, 0.3) is 0 Å². The summed E-state index contributed by atoms with van der Waals surface area (Å²) in [5.41, 5.74) is 0.659. The van der Waals surface area contributed by atoms with E-state index in [9.17, 15) is 9.59 Å². The molecule has 98 valence electrons. The average molecular weight is 323 g/mol. The van der Waals surface area contributed by atoms with E-state index < -0.39 is 6.29 Å². The molecule has 0 spiro atoms. The van der Waals surface area contributed by atoms with Crippen molar-refractivity contribution in [1.29, 1.82) is 0 Å². The Morgan fingerprint density at radius 1 is 1.26 bits per heavy atom. The monoisotopic (exact) mass is 322 g/mol. The Labute approximate surface area is 118 Å². The van der Waals surface area contributed by atoms with Crippen LogP contribution in [-0.4, -0.2) is 30.6 Å². The molecular formula is C14H11BrO4. The molecule has 2 bridgehead atoms. The van der Waals surface area contributed by atoms with Crippen LogP contribution < -0.4 is 0 Å². The first-order valence-electron chi connectivity index (χ1n) is 6.27. The first-order chi connectivity index (χ1) is 9.16. The van der Waals surface area contributed by atoms with Crippen molar-refractivity contribution in [2.24, 2.45) is 17.8 Å². The lowest BCUT2D eigenvalue weighted by molar-refractivity contribution is -0.153. The molecule has 0 amide bonds. The Morgan fingerprint density at radius 3 is 2.74 bits per heavy atom. The second kappa shape index (κ2) is 3.98. The van der Waals surface area contributed by atoms with Gasteiger partial charge in [-0.25, -0.2) is 0 Å². The summed E-state index contributed by atoms with van der Waals surface area (Å²) in [6, 6.07) is 7.26. The van der Waals surface area contributed by atoms with Crippen molar-refractivity contribution in [3.8, 4) is 0 Å². The minimum atomic E-state index is -0.728. The van der Waals surface area contributed by atoms with Crippen LogP contribution >= 0.6 is 15.9 Å². The predicted octanol–water partition coefficient (Wildman–Crippen LogP) is 1.82. The maximum Gasteiger partial charge on any atom is 0.218 e. The largest absolute Gasteiger partial charge is 0.343 e. The Morgan fingerprint density at radius 2 is 2.00 bits per heavy atom. The fourth-order valence-corrected chi connectivity index (χ4v) is 3.50. The Hall–Kier alpha value is -1.04. The third-order valence-electron chi connectivity index (χ3n) is 4.21. The van der Waals surface area contributed by atoms with E-state index in [1.165, 1.54) is 0 Å². The molecule has 1 aromatic rings. The molecule has 1 aliphatic carbocycles. The van der Waals surface area contributed by atoms with Crippen LogP contribution in [0.1, 0.15) is 10.4 Å². The summed E-state index contributed by atoms with van der Waals surface area (Å²) in [7, 11) is 0. The number of carbonyl (C=O) groups is 2. The minimum absolute atomic E-state index is 0.0161. The van der Waals surface area contributed by atoms with Gasteiger partial charge < -0.3 is 9.47 Å². The fourth-order valence-electron chi connectivity index (χ4n) is 3.24. The molecule has 1 saturated carbocycles. The molecule has 0 N–H and O–H groups in total. The summed E-state index contributed by atoms with van der Waals surface area (Å²) < 4.78 is 11.7. The third-order valence-corrected chi connectivity index (χ3v) is 4.74. The van der Waals surface area contributed by atoms with Crippen LogP contribution in [-0.2, 0) is 14.3 Å². The summed E-state index contributed by atoms with van der Waals surface area (Å²) in [6.45, 7) is 0.432. The lowest BCUT2D eigenvalue weighted by Crippen LogP contribution is -2.30.